The number of methoxy groups -OCH3 is 1. The summed E-state index contributed by atoms with van der Waals surface area (Å²) >= 11 is 0. The third-order valence-corrected chi connectivity index (χ3v) is 4.02. The van der Waals surface area contributed by atoms with Gasteiger partial charge in [0, 0.05) is 6.07 Å². The summed E-state index contributed by atoms with van der Waals surface area (Å²) in [5.74, 6) is -2.87. The van der Waals surface area contributed by atoms with E-state index in [-0.39, 0.29) is 11.6 Å². The fourth-order valence-corrected chi connectivity index (χ4v) is 2.56. The number of ether oxygens (including phenoxy) is 1. The monoisotopic (exact) mass is 346 g/mol. The molecule has 0 saturated heterocycles. The van der Waals surface area contributed by atoms with Gasteiger partial charge in [0.05, 0.1) is 30.3 Å². The van der Waals surface area contributed by atoms with E-state index in [1.807, 2.05) is 0 Å². The molecule has 3 rings (SSSR count). The lowest BCUT2D eigenvalue weighted by Gasteiger charge is -2.10. The van der Waals surface area contributed by atoms with E-state index in [1.54, 1.807) is 24.3 Å². The van der Waals surface area contributed by atoms with E-state index in [4.69, 9.17) is 4.74 Å². The van der Waals surface area contributed by atoms with Crippen LogP contribution in [0.2, 0.25) is 0 Å². The highest BCUT2D eigenvalue weighted by atomic mass is 19.1. The third-order valence-electron chi connectivity index (χ3n) is 4.02. The van der Waals surface area contributed by atoms with Crippen molar-refractivity contribution in [2.75, 3.05) is 17.7 Å². The largest absolute Gasteiger partial charge is 0.495 e. The molecular weight excluding hydrogens is 330 g/mol. The Morgan fingerprint density at radius 2 is 1.64 bits per heavy atom. The van der Waals surface area contributed by atoms with Crippen LogP contribution >= 0.6 is 0 Å². The van der Waals surface area contributed by atoms with E-state index >= 15 is 0 Å². The molecular formula is C18H16F2N2O3. The van der Waals surface area contributed by atoms with E-state index in [2.05, 4.69) is 10.6 Å². The van der Waals surface area contributed by atoms with Gasteiger partial charge in [0.2, 0.25) is 11.8 Å². The first-order valence-electron chi connectivity index (χ1n) is 7.69. The normalized spacial score (nSPS) is 18.4. The summed E-state index contributed by atoms with van der Waals surface area (Å²) in [5.41, 5.74) is 0.410. The van der Waals surface area contributed by atoms with Crippen molar-refractivity contribution in [1.82, 2.24) is 0 Å². The van der Waals surface area contributed by atoms with Crippen LogP contribution in [-0.4, -0.2) is 18.9 Å². The van der Waals surface area contributed by atoms with Gasteiger partial charge in [-0.15, -0.1) is 0 Å². The van der Waals surface area contributed by atoms with Crippen LogP contribution < -0.4 is 15.4 Å². The number of hydrogen-bond donors (Lipinski definition) is 2. The number of benzene rings is 2. The van der Waals surface area contributed by atoms with Gasteiger partial charge >= 0.3 is 0 Å². The van der Waals surface area contributed by atoms with Crippen LogP contribution in [-0.2, 0) is 9.59 Å². The number of nitrogens with one attached hydrogen (secondary N) is 2. The predicted octanol–water partition coefficient (Wildman–Crippen LogP) is 3.19. The maximum Gasteiger partial charge on any atom is 0.228 e. The molecule has 1 saturated carbocycles. The third kappa shape index (κ3) is 3.76. The molecule has 5 nitrogen and oxygen atoms in total. The maximum absolute atomic E-state index is 13.6. The van der Waals surface area contributed by atoms with Gasteiger partial charge in [-0.3, -0.25) is 9.59 Å². The zero-order valence-corrected chi connectivity index (χ0v) is 13.4. The summed E-state index contributed by atoms with van der Waals surface area (Å²) in [4.78, 5) is 24.4. The number of hydrogen-bond acceptors (Lipinski definition) is 3. The smallest absolute Gasteiger partial charge is 0.228 e. The SMILES string of the molecule is COc1ccccc1NC(=O)C1CC1C(=O)Nc1ccc(F)cc1F. The van der Waals surface area contributed by atoms with Crippen LogP contribution in [0.25, 0.3) is 0 Å². The van der Waals surface area contributed by atoms with E-state index in [9.17, 15) is 18.4 Å². The standard InChI is InChI=1S/C18H16F2N2O3/c1-25-16-5-3-2-4-15(16)22-18(24)12-9-11(12)17(23)21-14-7-6-10(19)8-13(14)20/h2-8,11-12H,9H2,1H3,(H,21,23)(H,22,24). The molecule has 25 heavy (non-hydrogen) atoms. The summed E-state index contributed by atoms with van der Waals surface area (Å²) in [7, 11) is 1.50. The number of halogens is 2. The Morgan fingerprint density at radius 1 is 1.00 bits per heavy atom. The minimum atomic E-state index is -0.857. The van der Waals surface area contributed by atoms with Gasteiger partial charge < -0.3 is 15.4 Å². The first-order chi connectivity index (χ1) is 12.0. The molecule has 2 atom stereocenters. The predicted molar refractivity (Wildman–Crippen MR) is 88.2 cm³/mol. The number of rotatable bonds is 5. The molecule has 2 aromatic carbocycles. The van der Waals surface area contributed by atoms with Gasteiger partial charge in [-0.25, -0.2) is 8.78 Å². The summed E-state index contributed by atoms with van der Waals surface area (Å²) in [6.07, 6.45) is 0.371. The maximum atomic E-state index is 13.6. The molecule has 2 aromatic rings. The first-order valence-corrected chi connectivity index (χ1v) is 7.69. The van der Waals surface area contributed by atoms with Crippen molar-refractivity contribution in [3.8, 4) is 5.75 Å². The van der Waals surface area contributed by atoms with Crippen LogP contribution in [0, 0.1) is 23.5 Å². The molecule has 2 unspecified atom stereocenters. The van der Waals surface area contributed by atoms with Gasteiger partial charge in [0.25, 0.3) is 0 Å². The van der Waals surface area contributed by atoms with Crippen LogP contribution in [0.1, 0.15) is 6.42 Å². The Morgan fingerprint density at radius 3 is 2.28 bits per heavy atom. The van der Waals surface area contributed by atoms with Gasteiger partial charge in [-0.1, -0.05) is 12.1 Å². The quantitative estimate of drug-likeness (QED) is 0.874. The van der Waals surface area contributed by atoms with Gasteiger partial charge in [-0.05, 0) is 30.7 Å². The lowest BCUT2D eigenvalue weighted by Crippen LogP contribution is -2.21. The van der Waals surface area contributed by atoms with Gasteiger partial charge in [0.15, 0.2) is 0 Å². The van der Waals surface area contributed by atoms with Crippen molar-refractivity contribution >= 4 is 23.2 Å². The Labute approximate surface area is 143 Å². The molecule has 0 spiro atoms. The zero-order chi connectivity index (χ0) is 18.0. The average Bonchev–Trinajstić information content (AvgIpc) is 3.39. The molecule has 2 N–H and O–H groups in total. The minimum absolute atomic E-state index is 0.109. The number of carbonyl (C=O) groups is 2. The molecule has 0 heterocycles. The summed E-state index contributed by atoms with van der Waals surface area (Å²) in [6.45, 7) is 0. The second-order valence-electron chi connectivity index (χ2n) is 5.75. The second kappa shape index (κ2) is 6.88. The molecule has 1 fully saturated rings. The van der Waals surface area contributed by atoms with Crippen LogP contribution in [0.5, 0.6) is 5.75 Å². The van der Waals surface area contributed by atoms with Gasteiger partial charge in [0.1, 0.15) is 17.4 Å². The lowest BCUT2D eigenvalue weighted by molar-refractivity contribution is -0.122. The minimum Gasteiger partial charge on any atom is -0.495 e. The number of anilines is 2. The van der Waals surface area contributed by atoms with E-state index in [1.165, 1.54) is 7.11 Å². The first kappa shape index (κ1) is 16.9. The Bertz CT molecular complexity index is 826. The molecule has 0 radical (unpaired) electrons. The topological polar surface area (TPSA) is 67.4 Å². The van der Waals surface area contributed by atoms with E-state index in [0.29, 0.717) is 23.9 Å². The summed E-state index contributed by atoms with van der Waals surface area (Å²) in [6, 6.07) is 9.83. The lowest BCUT2D eigenvalue weighted by atomic mass is 10.2. The fourth-order valence-electron chi connectivity index (χ4n) is 2.56. The summed E-state index contributed by atoms with van der Waals surface area (Å²) in [5, 5.41) is 5.11. The molecule has 2 amide bonds. The van der Waals surface area contributed by atoms with Crippen molar-refractivity contribution in [3.63, 3.8) is 0 Å². The highest BCUT2D eigenvalue weighted by Gasteiger charge is 2.48. The Hall–Kier alpha value is -2.96. The molecule has 0 bridgehead atoms. The van der Waals surface area contributed by atoms with Crippen molar-refractivity contribution in [1.29, 1.82) is 0 Å². The highest BCUT2D eigenvalue weighted by molar-refractivity contribution is 6.03. The molecule has 0 aliphatic heterocycles. The molecule has 1 aliphatic rings. The van der Waals surface area contributed by atoms with Gasteiger partial charge in [-0.2, -0.15) is 0 Å². The van der Waals surface area contributed by atoms with Crippen molar-refractivity contribution in [2.24, 2.45) is 11.8 Å². The second-order valence-corrected chi connectivity index (χ2v) is 5.75. The number of carbonyl (C=O) groups excluding carboxylic acids is 2. The van der Waals surface area contributed by atoms with Crippen molar-refractivity contribution < 1.29 is 23.1 Å². The molecule has 1 aliphatic carbocycles. The number of amides is 2. The fraction of sp³-hybridized carbons (Fsp3) is 0.222. The van der Waals surface area contributed by atoms with Crippen molar-refractivity contribution in [3.05, 3.63) is 54.1 Å². The van der Waals surface area contributed by atoms with Crippen LogP contribution in [0.3, 0.4) is 0 Å². The van der Waals surface area contributed by atoms with Crippen LogP contribution in [0.4, 0.5) is 20.2 Å². The average molecular weight is 346 g/mol. The molecule has 130 valence electrons. The molecule has 0 aromatic heterocycles. The van der Waals surface area contributed by atoms with E-state index < -0.39 is 29.4 Å². The van der Waals surface area contributed by atoms with Crippen molar-refractivity contribution in [2.45, 2.75) is 6.42 Å². The highest BCUT2D eigenvalue weighted by Crippen LogP contribution is 2.41. The Kier molecular flexibility index (Phi) is 4.65. The Balaban J connectivity index is 1.60. The van der Waals surface area contributed by atoms with Crippen LogP contribution in [0.15, 0.2) is 42.5 Å². The molecule has 7 heteroatoms. The summed E-state index contributed by atoms with van der Waals surface area (Å²) < 4.78 is 31.6. The number of para-hydroxylation sites is 2. The zero-order valence-electron chi connectivity index (χ0n) is 13.4. The van der Waals surface area contributed by atoms with E-state index in [0.717, 1.165) is 12.1 Å².